The van der Waals surface area contributed by atoms with Gasteiger partial charge in [0.15, 0.2) is 0 Å². The molecule has 3 heteroatoms. The summed E-state index contributed by atoms with van der Waals surface area (Å²) in [5, 5.41) is 0. The molecule has 0 saturated heterocycles. The van der Waals surface area contributed by atoms with Crippen LogP contribution in [-0.2, 0) is 26.2 Å². The van der Waals surface area contributed by atoms with Crippen LogP contribution in [0.15, 0.2) is 35.5 Å². The number of allylic oxidation sites excluding steroid dienone is 8. The molecule has 2 rings (SSSR count). The predicted molar refractivity (Wildman–Crippen MR) is 94.6 cm³/mol. The maximum absolute atomic E-state index is 3.30. The predicted octanol–water partition coefficient (Wildman–Crippen LogP) is 6.57. The third kappa shape index (κ3) is 13.8. The summed E-state index contributed by atoms with van der Waals surface area (Å²) >= 11 is 0. The summed E-state index contributed by atoms with van der Waals surface area (Å²) in [6.07, 6.45) is 25.1. The van der Waals surface area contributed by atoms with Gasteiger partial charge in [-0.3, -0.25) is 12.2 Å². The maximum atomic E-state index is 3.30. The summed E-state index contributed by atoms with van der Waals surface area (Å²) in [4.78, 5) is 0. The molecule has 0 aromatic rings. The molecule has 0 unspecified atom stereocenters. The van der Waals surface area contributed by atoms with E-state index in [1.807, 2.05) is 0 Å². The topological polar surface area (TPSA) is 0 Å². The summed E-state index contributed by atoms with van der Waals surface area (Å²) in [7, 11) is 0. The molecule has 0 aliphatic heterocycles. The van der Waals surface area contributed by atoms with Crippen LogP contribution in [0.5, 0.6) is 0 Å². The van der Waals surface area contributed by atoms with Crippen LogP contribution >= 0.6 is 24.8 Å². The van der Waals surface area contributed by atoms with E-state index in [0.29, 0.717) is 0 Å². The maximum Gasteiger partial charge on any atom is 2.00 e. The van der Waals surface area contributed by atoms with Crippen LogP contribution in [0, 0.1) is 12.2 Å². The Morgan fingerprint density at radius 2 is 1.19 bits per heavy atom. The van der Waals surface area contributed by atoms with Gasteiger partial charge in [-0.2, -0.15) is 12.2 Å². The van der Waals surface area contributed by atoms with Crippen molar-refractivity contribution >= 4 is 24.8 Å². The number of unbranched alkanes of at least 4 members (excludes halogenated alkanes) is 2. The van der Waals surface area contributed by atoms with E-state index >= 15 is 0 Å². The SMILES string of the molecule is CCCCC1=[C-]CC=C1.CCCCC1=[C-]CC=C1.Cl.Cl.[Zr+2]. The number of halogens is 2. The van der Waals surface area contributed by atoms with E-state index in [2.05, 4.69) is 50.3 Å². The summed E-state index contributed by atoms with van der Waals surface area (Å²) in [5.41, 5.74) is 2.83. The van der Waals surface area contributed by atoms with Crippen molar-refractivity contribution in [3.63, 3.8) is 0 Å². The zero-order valence-electron chi connectivity index (χ0n) is 13.3. The van der Waals surface area contributed by atoms with Gasteiger partial charge in [-0.25, -0.2) is 23.3 Å². The van der Waals surface area contributed by atoms with Crippen molar-refractivity contribution in [1.82, 2.24) is 0 Å². The van der Waals surface area contributed by atoms with Crippen LogP contribution in [-0.4, -0.2) is 0 Å². The number of hydrogen-bond acceptors (Lipinski definition) is 0. The first-order valence-electron chi connectivity index (χ1n) is 7.39. The van der Waals surface area contributed by atoms with E-state index < -0.39 is 0 Å². The zero-order valence-corrected chi connectivity index (χ0v) is 17.4. The Bertz CT molecular complexity index is 307. The molecular weight excluding hydrogens is 378 g/mol. The Morgan fingerprint density at radius 1 is 0.810 bits per heavy atom. The quantitative estimate of drug-likeness (QED) is 0.438. The number of hydrogen-bond donors (Lipinski definition) is 0. The van der Waals surface area contributed by atoms with Crippen molar-refractivity contribution in [3.05, 3.63) is 47.6 Å². The Labute approximate surface area is 163 Å². The standard InChI is InChI=1S/2C9H13.2ClH.Zr/c2*1-2-3-6-9-7-4-5-8-9;;;/h2*4,7H,2-3,5-6H2,1H3;2*1H;/q2*-1;;;+2. The second kappa shape index (κ2) is 18.5. The smallest absolute Gasteiger partial charge is 0.269 e. The van der Waals surface area contributed by atoms with Crippen LogP contribution in [0.25, 0.3) is 0 Å². The fourth-order valence-corrected chi connectivity index (χ4v) is 1.98. The molecule has 0 N–H and O–H groups in total. The molecule has 0 bridgehead atoms. The molecule has 0 heterocycles. The molecule has 0 radical (unpaired) electrons. The van der Waals surface area contributed by atoms with Crippen LogP contribution in [0.4, 0.5) is 0 Å². The van der Waals surface area contributed by atoms with E-state index in [1.54, 1.807) is 0 Å². The van der Waals surface area contributed by atoms with Gasteiger partial charge in [0.25, 0.3) is 0 Å². The summed E-state index contributed by atoms with van der Waals surface area (Å²) in [6, 6.07) is 0. The average molecular weight is 407 g/mol. The van der Waals surface area contributed by atoms with Crippen molar-refractivity contribution in [2.24, 2.45) is 0 Å². The first-order valence-corrected chi connectivity index (χ1v) is 7.39. The van der Waals surface area contributed by atoms with Gasteiger partial charge in [-0.05, 0) is 0 Å². The third-order valence-corrected chi connectivity index (χ3v) is 3.13. The minimum Gasteiger partial charge on any atom is -0.269 e. The molecule has 0 amide bonds. The Hall–Kier alpha value is 0.423. The van der Waals surface area contributed by atoms with Crippen molar-refractivity contribution in [2.75, 3.05) is 0 Å². The van der Waals surface area contributed by atoms with E-state index in [0.717, 1.165) is 12.8 Å². The fourth-order valence-electron chi connectivity index (χ4n) is 1.98. The van der Waals surface area contributed by atoms with Gasteiger partial charge in [-0.1, -0.05) is 52.4 Å². The Balaban J connectivity index is -0.000000270. The van der Waals surface area contributed by atoms with Gasteiger partial charge in [-0.15, -0.1) is 37.7 Å². The second-order valence-corrected chi connectivity index (χ2v) is 4.82. The van der Waals surface area contributed by atoms with E-state index in [-0.39, 0.29) is 51.0 Å². The van der Waals surface area contributed by atoms with Crippen LogP contribution in [0.3, 0.4) is 0 Å². The van der Waals surface area contributed by atoms with Gasteiger partial charge in [0.1, 0.15) is 0 Å². The zero-order chi connectivity index (χ0) is 13.1. The summed E-state index contributed by atoms with van der Waals surface area (Å²) in [6.45, 7) is 4.44. The van der Waals surface area contributed by atoms with Gasteiger partial charge < -0.3 is 0 Å². The third-order valence-electron chi connectivity index (χ3n) is 3.13. The first kappa shape index (κ1) is 26.3. The summed E-state index contributed by atoms with van der Waals surface area (Å²) < 4.78 is 0. The first-order chi connectivity index (χ1) is 8.86. The van der Waals surface area contributed by atoms with Crippen molar-refractivity contribution in [1.29, 1.82) is 0 Å². The molecule has 0 saturated carbocycles. The average Bonchev–Trinajstić information content (AvgIpc) is 3.07. The molecule has 0 fully saturated rings. The fraction of sp³-hybridized carbons (Fsp3) is 0.556. The molecule has 118 valence electrons. The van der Waals surface area contributed by atoms with Gasteiger partial charge >= 0.3 is 26.2 Å². The molecule has 2 aliphatic rings. The van der Waals surface area contributed by atoms with E-state index in [4.69, 9.17) is 0 Å². The van der Waals surface area contributed by atoms with Crippen molar-refractivity contribution < 1.29 is 26.2 Å². The molecule has 0 aromatic heterocycles. The molecule has 0 spiro atoms. The normalized spacial score (nSPS) is 14.0. The minimum atomic E-state index is 0. The molecule has 21 heavy (non-hydrogen) atoms. The van der Waals surface area contributed by atoms with Crippen LogP contribution < -0.4 is 0 Å². The van der Waals surface area contributed by atoms with Gasteiger partial charge in [0.2, 0.25) is 0 Å². The summed E-state index contributed by atoms with van der Waals surface area (Å²) in [5.74, 6) is 0. The molecule has 2 aliphatic carbocycles. The largest absolute Gasteiger partial charge is 2.00 e. The van der Waals surface area contributed by atoms with Crippen molar-refractivity contribution in [3.8, 4) is 0 Å². The molecule has 0 nitrogen and oxygen atoms in total. The minimum absolute atomic E-state index is 0. The molecule has 0 aromatic carbocycles. The Kier molecular flexibility index (Phi) is 23.2. The van der Waals surface area contributed by atoms with E-state index in [1.165, 1.54) is 49.7 Å². The van der Waals surface area contributed by atoms with Crippen LogP contribution in [0.1, 0.15) is 65.2 Å². The van der Waals surface area contributed by atoms with Gasteiger partial charge in [0, 0.05) is 0 Å². The second-order valence-electron chi connectivity index (χ2n) is 4.82. The van der Waals surface area contributed by atoms with E-state index in [9.17, 15) is 0 Å². The van der Waals surface area contributed by atoms with Crippen molar-refractivity contribution in [2.45, 2.75) is 65.2 Å². The monoisotopic (exact) mass is 404 g/mol. The Morgan fingerprint density at radius 3 is 1.43 bits per heavy atom. The molecular formula is C18H28Cl2Zr. The van der Waals surface area contributed by atoms with Gasteiger partial charge in [0.05, 0.1) is 0 Å². The van der Waals surface area contributed by atoms with Crippen LogP contribution in [0.2, 0.25) is 0 Å². The molecule has 0 atom stereocenters. The number of rotatable bonds is 6.